The van der Waals surface area contributed by atoms with E-state index in [2.05, 4.69) is 83.6 Å². The van der Waals surface area contributed by atoms with Gasteiger partial charge in [-0.3, -0.25) is 24.0 Å². The van der Waals surface area contributed by atoms with E-state index >= 15 is 0 Å². The van der Waals surface area contributed by atoms with E-state index in [1.807, 2.05) is 41.5 Å². The van der Waals surface area contributed by atoms with Crippen molar-refractivity contribution in [2.45, 2.75) is 120 Å². The maximum absolute atomic E-state index is 12.0. The molecule has 72 heavy (non-hydrogen) atoms. The van der Waals surface area contributed by atoms with Crippen molar-refractivity contribution in [3.8, 4) is 0 Å². The van der Waals surface area contributed by atoms with Crippen LogP contribution < -0.4 is 28.0 Å². The highest BCUT2D eigenvalue weighted by Crippen LogP contribution is 2.20. The molecule has 0 radical (unpaired) electrons. The zero-order valence-corrected chi connectivity index (χ0v) is 44.0. The maximum Gasteiger partial charge on any atom is 0.269 e. The number of unbranched alkanes of at least 4 members (excludes halogenated alkanes) is 2. The first-order valence-corrected chi connectivity index (χ1v) is 23.1. The van der Waals surface area contributed by atoms with Gasteiger partial charge in [0.05, 0.1) is 37.7 Å². The van der Waals surface area contributed by atoms with E-state index < -0.39 is 11.9 Å². The molecule has 414 valence electrons. The van der Waals surface area contributed by atoms with Crippen molar-refractivity contribution < 1.29 is 40.2 Å². The lowest BCUT2D eigenvalue weighted by Gasteiger charge is -2.08. The highest BCUT2D eigenvalue weighted by molar-refractivity contribution is 6.30. The molecule has 0 saturated carbocycles. The summed E-state index contributed by atoms with van der Waals surface area (Å²) >= 11 is 10.7. The molecule has 0 aliphatic rings. The van der Waals surface area contributed by atoms with Gasteiger partial charge < -0.3 is 25.7 Å². The smallest absolute Gasteiger partial charge is 0.269 e. The van der Waals surface area contributed by atoms with Crippen molar-refractivity contribution in [1.82, 2.24) is 69.8 Å². The molecule has 7 aromatic heterocycles. The molecule has 0 atom stereocenters. The maximum atomic E-state index is 12.0. The minimum Gasteiger partial charge on any atom is -0.394 e. The van der Waals surface area contributed by atoms with Crippen molar-refractivity contribution in [2.24, 2.45) is 0 Å². The lowest BCUT2D eigenvalue weighted by molar-refractivity contribution is -0.118. The summed E-state index contributed by atoms with van der Waals surface area (Å²) < 4.78 is 106. The zero-order valence-electron chi connectivity index (χ0n) is 56.5. The number of nitrogens with zero attached hydrogens (tertiary/aromatic N) is 10. The number of anilines is 1. The highest BCUT2D eigenvalue weighted by atomic mass is 35.5. The lowest BCUT2D eigenvalue weighted by Crippen LogP contribution is -2.10. The average molecular weight is 1080 g/mol. The molecular weight excluding hydrogens is 983 g/mol. The Labute approximate surface area is 451 Å². The van der Waals surface area contributed by atoms with Crippen LogP contribution in [0.4, 0.5) is 18.9 Å². The fraction of sp³-hybridized carbons (Fsp3) is 0.383. The number of hydrogen-bond acceptors (Lipinski definition) is 16. The van der Waals surface area contributed by atoms with E-state index in [1.54, 1.807) is 30.7 Å². The van der Waals surface area contributed by atoms with Crippen molar-refractivity contribution >= 4 is 34.7 Å². The van der Waals surface area contributed by atoms with Crippen molar-refractivity contribution in [2.75, 3.05) is 5.73 Å². The largest absolute Gasteiger partial charge is 0.394 e. The van der Waals surface area contributed by atoms with Gasteiger partial charge in [-0.2, -0.15) is 4.39 Å². The second-order valence-electron chi connectivity index (χ2n) is 11.9. The number of alkyl halides is 2. The number of aromatic nitrogens is 14. The number of nitrogens with one attached hydrogen (secondary N) is 4. The third kappa shape index (κ3) is 56.9. The van der Waals surface area contributed by atoms with Crippen LogP contribution in [0.15, 0.2) is 143 Å². The van der Waals surface area contributed by atoms with Gasteiger partial charge >= 0.3 is 0 Å². The molecule has 7 heterocycles. The molecule has 0 amide bonds. The normalized spacial score (nSPS) is 9.43. The van der Waals surface area contributed by atoms with E-state index in [1.165, 1.54) is 120 Å². The van der Waals surface area contributed by atoms with E-state index in [0.717, 1.165) is 6.33 Å². The second kappa shape index (κ2) is 56.2. The number of rotatable bonds is 6. The Morgan fingerprint density at radius 3 is 1.17 bits per heavy atom. The molecule has 7 rings (SSSR count). The van der Waals surface area contributed by atoms with Crippen molar-refractivity contribution in [3.05, 3.63) is 182 Å². The molecule has 0 spiro atoms. The topological polar surface area (TPSA) is 303 Å². The Hall–Kier alpha value is -7.40. The summed E-state index contributed by atoms with van der Waals surface area (Å²) in [7, 11) is 0. The monoisotopic (exact) mass is 1080 g/mol. The van der Waals surface area contributed by atoms with Crippen LogP contribution in [0.1, 0.15) is 136 Å². The van der Waals surface area contributed by atoms with E-state index in [4.69, 9.17) is 49.7 Å². The minimum absolute atomic E-state index is 0. The van der Waals surface area contributed by atoms with Gasteiger partial charge in [-0.25, -0.2) is 58.6 Å². The predicted molar refractivity (Wildman–Crippen MR) is 296 cm³/mol. The van der Waals surface area contributed by atoms with Crippen LogP contribution in [0, 0.1) is 5.95 Å². The van der Waals surface area contributed by atoms with Gasteiger partial charge in [0.1, 0.15) is 40.6 Å². The van der Waals surface area contributed by atoms with Crippen LogP contribution in [0.3, 0.4) is 0 Å². The number of halogens is 5. The molecule has 0 aliphatic heterocycles. The molecule has 7 aromatic rings. The van der Waals surface area contributed by atoms with Crippen molar-refractivity contribution in [3.63, 3.8) is 0 Å². The molecular formula is C47H86Cl2F3N15O5. The molecule has 0 unspecified atom stereocenters. The number of carbonyl (C=O) groups excluding carboxylic acids is 1. The Morgan fingerprint density at radius 2 is 1.01 bits per heavy atom. The number of hydrogen-bond donors (Lipinski definition) is 5. The number of H-pyrrole nitrogens is 4. The van der Waals surface area contributed by atoms with Crippen LogP contribution in [-0.2, 0) is 4.79 Å². The number of Topliss-reactive ketones (excluding diaryl/α,β-unsaturated/α-hetero) is 1. The summed E-state index contributed by atoms with van der Waals surface area (Å²) in [5.74, 6) is -2.74. The third-order valence-electron chi connectivity index (χ3n) is 6.70. The molecule has 6 N–H and O–H groups in total. The zero-order chi connectivity index (χ0) is 69.7. The summed E-state index contributed by atoms with van der Waals surface area (Å²) in [5.41, 5.74) is 4.35. The summed E-state index contributed by atoms with van der Waals surface area (Å²) in [5, 5.41) is 0.600. The van der Waals surface area contributed by atoms with Crippen LogP contribution in [0.2, 0.25) is 10.2 Å². The molecule has 0 aliphatic carbocycles. The van der Waals surface area contributed by atoms with Gasteiger partial charge in [0.15, 0.2) is 0 Å². The number of nitrogens with two attached hydrogens (primary N) is 1. The van der Waals surface area contributed by atoms with Gasteiger partial charge in [0.25, 0.3) is 22.2 Å². The van der Waals surface area contributed by atoms with Crippen molar-refractivity contribution in [1.29, 1.82) is 0 Å². The Balaban J connectivity index is -0.0000000618. The Bertz CT molecular complexity index is 2280. The molecule has 0 saturated heterocycles. The average Bonchev–Trinajstić information content (AvgIpc) is 3.60. The van der Waals surface area contributed by atoms with Gasteiger partial charge in [0.2, 0.25) is 11.9 Å². The standard InChI is InChI=1S/C5H10F2.C5H10O.C5H12.C4H3ClN2O.C4H3ClN2.C4H4FN3.3C4H4N2O.C4H4N2.2C2H6.8H2/c1-3-5(6,7)4-2;1-3-5(6)4-2;1-3-5-4-2;5-3-1-6-2-7-4(3)8;5-4-1-2-6-3-7-4;5-4-3(6)1-7-2-8-4;3*7-4-1-2-5-3-6-4;1-2-5-4-6-3-1;2*1-2;;;;;;;;/h3-4H2,1-2H3;3-4H2,1-2H3;3-5H2,1-2H3;1-2H,(H,6,7,8);1-3H;1-2H,6H2;3*1-3H,(H,5,6,7);1-4H;2*1-2H3;8*1H/i;;;;;;;;;;;;7*1+1D;1+1. The van der Waals surface area contributed by atoms with Crippen LogP contribution in [0.5, 0.6) is 0 Å². The first-order valence-electron chi connectivity index (χ1n) is 29.4. The first kappa shape index (κ1) is 58.9. The Morgan fingerprint density at radius 1 is 0.597 bits per heavy atom. The molecule has 0 bridgehead atoms. The number of aromatic amines is 4. The van der Waals surface area contributed by atoms with Gasteiger partial charge in [-0.05, 0) is 12.1 Å². The van der Waals surface area contributed by atoms with Gasteiger partial charge in [-0.1, -0.05) is 112 Å². The van der Waals surface area contributed by atoms with Crippen LogP contribution >= 0.6 is 23.2 Å². The number of carbonyl (C=O) groups is 1. The second-order valence-corrected chi connectivity index (χ2v) is 12.7. The molecule has 0 aromatic carbocycles. The van der Waals surface area contributed by atoms with E-state index in [9.17, 15) is 37.1 Å². The third-order valence-corrected chi connectivity index (χ3v) is 7.19. The summed E-state index contributed by atoms with van der Waals surface area (Å²) in [6.07, 6.45) is 26.5. The van der Waals surface area contributed by atoms with Gasteiger partial charge in [0, 0.05) is 103 Å². The first-order chi connectivity index (χ1) is 41.5. The van der Waals surface area contributed by atoms with E-state index in [0.29, 0.717) is 23.8 Å². The molecule has 25 heteroatoms. The summed E-state index contributed by atoms with van der Waals surface area (Å²) in [4.78, 5) is 96.1. The quantitative estimate of drug-likeness (QED) is 0.0967. The lowest BCUT2D eigenvalue weighted by atomic mass is 10.2. The van der Waals surface area contributed by atoms with Crippen LogP contribution in [0.25, 0.3) is 0 Å². The minimum atomic E-state index is -2.42. The van der Waals surface area contributed by atoms with E-state index in [-0.39, 0.29) is 47.2 Å². The van der Waals surface area contributed by atoms with Gasteiger partial charge in [-0.15, -0.1) is 0 Å². The number of ketones is 1. The fourth-order valence-corrected chi connectivity index (χ4v) is 3.15. The molecule has 0 fully saturated rings. The molecule has 20 nitrogen and oxygen atoms in total. The highest BCUT2D eigenvalue weighted by Gasteiger charge is 2.21. The van der Waals surface area contributed by atoms with Crippen LogP contribution in [-0.4, -0.2) is 81.5 Å². The SMILES string of the molecule is CC.CC.CCC(=O)CC.CCC(F)(F)CC.CCCCC.Clc1ccncn1.Nc1cncnc1F.O=c1[nH]cncc1Cl.O=c1ccnc[nH]1.O=c1ccnc[nH]1.O=c1ccnc[nH]1.[2HH].[2H][2H].[2H][2H].[2H][2H].[2H][2H].[2H][2H].[2H][2H].[2H][2H].c1cncnc1. The number of nitrogen functional groups attached to an aromatic ring is 1. The summed E-state index contributed by atoms with van der Waals surface area (Å²) in [6, 6.07) is 7.49. The predicted octanol–water partition coefficient (Wildman–Crippen LogP) is 11.6. The Kier molecular flexibility index (Phi) is 46.0. The summed E-state index contributed by atoms with van der Waals surface area (Å²) in [6.45, 7) is 19.2. The fourth-order valence-electron chi connectivity index (χ4n) is 2.94.